The molecule has 1 aromatic heterocycles. The van der Waals surface area contributed by atoms with E-state index in [1.54, 1.807) is 12.3 Å². The van der Waals surface area contributed by atoms with Gasteiger partial charge in [-0.25, -0.2) is 4.98 Å². The predicted molar refractivity (Wildman–Crippen MR) is 51.3 cm³/mol. The third-order valence-corrected chi connectivity index (χ3v) is 1.61. The molecular formula is C9H13N3. The van der Waals surface area contributed by atoms with E-state index in [1.807, 2.05) is 30.9 Å². The first kappa shape index (κ1) is 8.59. The SMILES string of the molecule is C=Cc1nccn1/C=C(\C)NC. The smallest absolute Gasteiger partial charge is 0.136 e. The van der Waals surface area contributed by atoms with Gasteiger partial charge in [-0.1, -0.05) is 6.58 Å². The number of imidazole rings is 1. The third-order valence-electron chi connectivity index (χ3n) is 1.61. The number of rotatable bonds is 3. The number of nitrogens with zero attached hydrogens (tertiary/aromatic N) is 2. The van der Waals surface area contributed by atoms with Gasteiger partial charge in [-0.05, 0) is 13.0 Å². The van der Waals surface area contributed by atoms with Crippen molar-refractivity contribution in [3.8, 4) is 0 Å². The first-order valence-corrected chi connectivity index (χ1v) is 3.79. The van der Waals surface area contributed by atoms with Crippen molar-refractivity contribution in [2.75, 3.05) is 7.05 Å². The lowest BCUT2D eigenvalue weighted by atomic mass is 10.5. The van der Waals surface area contributed by atoms with Crippen LogP contribution in [0.4, 0.5) is 0 Å². The first-order chi connectivity index (χ1) is 5.77. The summed E-state index contributed by atoms with van der Waals surface area (Å²) in [4.78, 5) is 4.09. The number of allylic oxidation sites excluding steroid dienone is 1. The molecule has 0 aliphatic rings. The second-order valence-corrected chi connectivity index (χ2v) is 2.46. The fraction of sp³-hybridized carbons (Fsp3) is 0.222. The summed E-state index contributed by atoms with van der Waals surface area (Å²) in [5.74, 6) is 0.851. The van der Waals surface area contributed by atoms with Crippen molar-refractivity contribution < 1.29 is 0 Å². The van der Waals surface area contributed by atoms with Gasteiger partial charge >= 0.3 is 0 Å². The van der Waals surface area contributed by atoms with E-state index in [2.05, 4.69) is 16.9 Å². The van der Waals surface area contributed by atoms with Gasteiger partial charge in [0.2, 0.25) is 0 Å². The summed E-state index contributed by atoms with van der Waals surface area (Å²) >= 11 is 0. The van der Waals surface area contributed by atoms with Crippen LogP contribution in [0.5, 0.6) is 0 Å². The van der Waals surface area contributed by atoms with Crippen LogP contribution in [0.15, 0.2) is 24.7 Å². The van der Waals surface area contributed by atoms with Crippen LogP contribution < -0.4 is 5.32 Å². The van der Waals surface area contributed by atoms with E-state index in [9.17, 15) is 0 Å². The maximum absolute atomic E-state index is 4.09. The zero-order valence-corrected chi connectivity index (χ0v) is 7.41. The molecule has 0 aliphatic heterocycles. The van der Waals surface area contributed by atoms with Crippen molar-refractivity contribution in [3.63, 3.8) is 0 Å². The summed E-state index contributed by atoms with van der Waals surface area (Å²) in [5.41, 5.74) is 1.08. The average molecular weight is 163 g/mol. The Balaban J connectivity index is 2.95. The molecule has 0 saturated heterocycles. The summed E-state index contributed by atoms with van der Waals surface area (Å²) in [5, 5.41) is 3.03. The van der Waals surface area contributed by atoms with Crippen LogP contribution in [0.3, 0.4) is 0 Å². The Morgan fingerprint density at radius 1 is 1.75 bits per heavy atom. The second-order valence-electron chi connectivity index (χ2n) is 2.46. The molecule has 0 fully saturated rings. The van der Waals surface area contributed by atoms with Crippen LogP contribution in [0.2, 0.25) is 0 Å². The molecular weight excluding hydrogens is 150 g/mol. The predicted octanol–water partition coefficient (Wildman–Crippen LogP) is 1.56. The lowest BCUT2D eigenvalue weighted by molar-refractivity contribution is 0.972. The molecule has 0 bridgehead atoms. The van der Waals surface area contributed by atoms with Gasteiger partial charge in [0.25, 0.3) is 0 Å². The lowest BCUT2D eigenvalue weighted by Gasteiger charge is -2.00. The fourth-order valence-electron chi connectivity index (χ4n) is 0.865. The Morgan fingerprint density at radius 3 is 3.08 bits per heavy atom. The maximum Gasteiger partial charge on any atom is 0.136 e. The zero-order valence-electron chi connectivity index (χ0n) is 7.41. The lowest BCUT2D eigenvalue weighted by Crippen LogP contribution is -2.03. The van der Waals surface area contributed by atoms with Gasteiger partial charge < -0.3 is 9.88 Å². The summed E-state index contributed by atoms with van der Waals surface area (Å²) in [6, 6.07) is 0. The summed E-state index contributed by atoms with van der Waals surface area (Å²) < 4.78 is 1.92. The molecule has 0 unspecified atom stereocenters. The van der Waals surface area contributed by atoms with E-state index >= 15 is 0 Å². The van der Waals surface area contributed by atoms with Crippen LogP contribution in [0, 0.1) is 0 Å². The molecule has 0 amide bonds. The molecule has 12 heavy (non-hydrogen) atoms. The summed E-state index contributed by atoms with van der Waals surface area (Å²) in [6.45, 7) is 5.66. The Bertz CT molecular complexity index is 296. The Morgan fingerprint density at radius 2 is 2.50 bits per heavy atom. The monoisotopic (exact) mass is 163 g/mol. The van der Waals surface area contributed by atoms with Gasteiger partial charge in [0.15, 0.2) is 0 Å². The topological polar surface area (TPSA) is 29.9 Å². The van der Waals surface area contributed by atoms with Crippen molar-refractivity contribution in [1.82, 2.24) is 14.9 Å². The molecule has 1 N–H and O–H groups in total. The highest BCUT2D eigenvalue weighted by atomic mass is 15.0. The highest BCUT2D eigenvalue weighted by molar-refractivity contribution is 5.43. The van der Waals surface area contributed by atoms with E-state index in [0.717, 1.165) is 11.5 Å². The molecule has 0 aliphatic carbocycles. The molecule has 1 aromatic rings. The van der Waals surface area contributed by atoms with E-state index in [1.165, 1.54) is 0 Å². The minimum Gasteiger partial charge on any atom is -0.390 e. The molecule has 0 spiro atoms. The van der Waals surface area contributed by atoms with Crippen LogP contribution >= 0.6 is 0 Å². The molecule has 64 valence electrons. The van der Waals surface area contributed by atoms with E-state index in [4.69, 9.17) is 0 Å². The standard InChI is InChI=1S/C9H13N3/c1-4-9-11-5-6-12(9)7-8(2)10-3/h4-7,10H,1H2,2-3H3/b8-7+. The average Bonchev–Trinajstić information content (AvgIpc) is 2.51. The van der Waals surface area contributed by atoms with Gasteiger partial charge in [0, 0.05) is 31.3 Å². The van der Waals surface area contributed by atoms with Crippen molar-refractivity contribution in [2.24, 2.45) is 0 Å². The Kier molecular flexibility index (Phi) is 2.69. The van der Waals surface area contributed by atoms with Crippen molar-refractivity contribution in [2.45, 2.75) is 6.92 Å². The van der Waals surface area contributed by atoms with Crippen LogP contribution in [-0.2, 0) is 0 Å². The van der Waals surface area contributed by atoms with Crippen LogP contribution in [-0.4, -0.2) is 16.6 Å². The Labute approximate surface area is 72.4 Å². The third kappa shape index (κ3) is 1.75. The highest BCUT2D eigenvalue weighted by Gasteiger charge is 1.93. The highest BCUT2D eigenvalue weighted by Crippen LogP contribution is 2.01. The van der Waals surface area contributed by atoms with E-state index in [-0.39, 0.29) is 0 Å². The number of nitrogens with one attached hydrogen (secondary N) is 1. The maximum atomic E-state index is 4.09. The molecule has 0 saturated carbocycles. The number of aromatic nitrogens is 2. The summed E-state index contributed by atoms with van der Waals surface area (Å²) in [7, 11) is 1.89. The molecule has 1 heterocycles. The molecule has 3 nitrogen and oxygen atoms in total. The van der Waals surface area contributed by atoms with Gasteiger partial charge in [0.05, 0.1) is 0 Å². The normalized spacial score (nSPS) is 11.3. The molecule has 0 aromatic carbocycles. The van der Waals surface area contributed by atoms with Gasteiger partial charge in [-0.3, -0.25) is 0 Å². The summed E-state index contributed by atoms with van der Waals surface area (Å²) in [6.07, 6.45) is 7.32. The quantitative estimate of drug-likeness (QED) is 0.733. The zero-order chi connectivity index (χ0) is 8.97. The molecule has 1 rings (SSSR count). The molecule has 0 atom stereocenters. The van der Waals surface area contributed by atoms with Crippen molar-refractivity contribution in [1.29, 1.82) is 0 Å². The van der Waals surface area contributed by atoms with Crippen LogP contribution in [0.25, 0.3) is 12.3 Å². The second kappa shape index (κ2) is 3.76. The van der Waals surface area contributed by atoms with Crippen molar-refractivity contribution in [3.05, 3.63) is 30.5 Å². The van der Waals surface area contributed by atoms with Gasteiger partial charge in [0.1, 0.15) is 5.82 Å². The van der Waals surface area contributed by atoms with Gasteiger partial charge in [-0.2, -0.15) is 0 Å². The van der Waals surface area contributed by atoms with E-state index in [0.29, 0.717) is 0 Å². The Hall–Kier alpha value is -1.51. The first-order valence-electron chi connectivity index (χ1n) is 3.79. The van der Waals surface area contributed by atoms with Crippen LogP contribution in [0.1, 0.15) is 12.7 Å². The number of hydrogen-bond donors (Lipinski definition) is 1. The largest absolute Gasteiger partial charge is 0.390 e. The van der Waals surface area contributed by atoms with Crippen molar-refractivity contribution >= 4 is 12.3 Å². The molecule has 0 radical (unpaired) electrons. The minimum atomic E-state index is 0.851. The number of hydrogen-bond acceptors (Lipinski definition) is 2. The van der Waals surface area contributed by atoms with Gasteiger partial charge in [-0.15, -0.1) is 0 Å². The minimum absolute atomic E-state index is 0.851. The fourth-order valence-corrected chi connectivity index (χ4v) is 0.865. The van der Waals surface area contributed by atoms with E-state index < -0.39 is 0 Å². The molecule has 3 heteroatoms.